The molecule has 0 atom stereocenters. The molecular formula is C11H20N4O2S. The largest absolute Gasteiger partial charge is 0.444 e. The average Bonchev–Trinajstić information content (AvgIpc) is 2.52. The van der Waals surface area contributed by atoms with Crippen molar-refractivity contribution in [2.45, 2.75) is 46.3 Å². The molecule has 1 aromatic heterocycles. The van der Waals surface area contributed by atoms with Crippen molar-refractivity contribution in [2.24, 2.45) is 0 Å². The molecule has 1 heterocycles. The summed E-state index contributed by atoms with van der Waals surface area (Å²) in [4.78, 5) is 11.4. The number of rotatable bonds is 4. The normalized spacial score (nSPS) is 11.3. The lowest BCUT2D eigenvalue weighted by Gasteiger charge is -2.19. The van der Waals surface area contributed by atoms with Gasteiger partial charge in [-0.15, -0.1) is 0 Å². The van der Waals surface area contributed by atoms with E-state index >= 15 is 0 Å². The summed E-state index contributed by atoms with van der Waals surface area (Å²) in [6.45, 7) is 8.65. The van der Waals surface area contributed by atoms with Gasteiger partial charge in [-0.3, -0.25) is 5.10 Å². The zero-order valence-electron chi connectivity index (χ0n) is 11.2. The zero-order valence-corrected chi connectivity index (χ0v) is 12.1. The number of carbonyl (C=O) groups is 1. The molecule has 0 bridgehead atoms. The molecule has 0 aliphatic carbocycles. The number of aromatic amines is 1. The van der Waals surface area contributed by atoms with Gasteiger partial charge in [-0.1, -0.05) is 0 Å². The summed E-state index contributed by atoms with van der Waals surface area (Å²) in [6, 6.07) is 0. The second-order valence-electron chi connectivity index (χ2n) is 5.01. The average molecular weight is 272 g/mol. The number of hydrogen-bond donors (Lipinski definition) is 2. The van der Waals surface area contributed by atoms with Crippen LogP contribution in [0.5, 0.6) is 0 Å². The lowest BCUT2D eigenvalue weighted by atomic mass is 10.2. The SMILES string of the molecule is Cc1n[nH]c(=S)n1CCCNC(=O)OC(C)(C)C. The van der Waals surface area contributed by atoms with Crippen LogP contribution in [0.3, 0.4) is 0 Å². The van der Waals surface area contributed by atoms with Gasteiger partial charge in [0, 0.05) is 13.1 Å². The Labute approximate surface area is 112 Å². The Balaban J connectivity index is 2.28. The smallest absolute Gasteiger partial charge is 0.407 e. The minimum Gasteiger partial charge on any atom is -0.444 e. The maximum absolute atomic E-state index is 11.4. The summed E-state index contributed by atoms with van der Waals surface area (Å²) in [5.74, 6) is 0.845. The number of aryl methyl sites for hydroxylation is 1. The number of hydrogen-bond acceptors (Lipinski definition) is 4. The van der Waals surface area contributed by atoms with Crippen molar-refractivity contribution in [3.8, 4) is 0 Å². The van der Waals surface area contributed by atoms with Crippen LogP contribution < -0.4 is 5.32 Å². The third-order valence-electron chi connectivity index (χ3n) is 2.18. The van der Waals surface area contributed by atoms with Crippen LogP contribution in [0.2, 0.25) is 0 Å². The Bertz CT molecular complexity index is 458. The van der Waals surface area contributed by atoms with Gasteiger partial charge in [0.15, 0.2) is 4.77 Å². The highest BCUT2D eigenvalue weighted by Gasteiger charge is 2.15. The lowest BCUT2D eigenvalue weighted by molar-refractivity contribution is 0.0526. The van der Waals surface area contributed by atoms with Gasteiger partial charge in [0.1, 0.15) is 11.4 Å². The van der Waals surface area contributed by atoms with Gasteiger partial charge in [0.25, 0.3) is 0 Å². The highest BCUT2D eigenvalue weighted by atomic mass is 32.1. The third kappa shape index (κ3) is 4.87. The van der Waals surface area contributed by atoms with E-state index in [2.05, 4.69) is 15.5 Å². The molecule has 7 heteroatoms. The molecule has 0 saturated carbocycles. The molecule has 0 radical (unpaired) electrons. The summed E-state index contributed by atoms with van der Waals surface area (Å²) < 4.78 is 7.62. The van der Waals surface area contributed by atoms with Crippen LogP contribution in [-0.4, -0.2) is 33.0 Å². The van der Waals surface area contributed by atoms with Gasteiger partial charge < -0.3 is 14.6 Å². The Kier molecular flexibility index (Phi) is 4.89. The van der Waals surface area contributed by atoms with Crippen LogP contribution in [0.1, 0.15) is 33.0 Å². The molecule has 2 N–H and O–H groups in total. The molecule has 0 fully saturated rings. The Morgan fingerprint density at radius 1 is 1.56 bits per heavy atom. The first-order valence-electron chi connectivity index (χ1n) is 5.88. The standard InChI is InChI=1S/C11H20N4O2S/c1-8-13-14-9(18)15(8)7-5-6-12-10(16)17-11(2,3)4/h5-7H2,1-4H3,(H,12,16)(H,14,18). The molecule has 102 valence electrons. The lowest BCUT2D eigenvalue weighted by Crippen LogP contribution is -2.33. The summed E-state index contributed by atoms with van der Waals surface area (Å²) in [5.41, 5.74) is -0.465. The first-order chi connectivity index (χ1) is 8.29. The molecule has 1 amide bonds. The molecule has 0 spiro atoms. The van der Waals surface area contributed by atoms with E-state index in [-0.39, 0.29) is 0 Å². The van der Waals surface area contributed by atoms with Gasteiger partial charge in [-0.25, -0.2) is 4.79 Å². The predicted octanol–water partition coefficient (Wildman–Crippen LogP) is 2.16. The predicted molar refractivity (Wildman–Crippen MR) is 71.0 cm³/mol. The number of nitrogens with one attached hydrogen (secondary N) is 2. The molecule has 0 aliphatic rings. The van der Waals surface area contributed by atoms with E-state index in [0.717, 1.165) is 18.8 Å². The van der Waals surface area contributed by atoms with E-state index in [1.54, 1.807) is 0 Å². The molecule has 1 aromatic rings. The maximum Gasteiger partial charge on any atom is 0.407 e. The first-order valence-corrected chi connectivity index (χ1v) is 6.29. The van der Waals surface area contributed by atoms with Crippen LogP contribution in [0.4, 0.5) is 4.79 Å². The van der Waals surface area contributed by atoms with E-state index in [0.29, 0.717) is 11.3 Å². The van der Waals surface area contributed by atoms with Crippen molar-refractivity contribution >= 4 is 18.3 Å². The molecule has 18 heavy (non-hydrogen) atoms. The highest BCUT2D eigenvalue weighted by molar-refractivity contribution is 7.71. The quantitative estimate of drug-likeness (QED) is 0.651. The van der Waals surface area contributed by atoms with Crippen molar-refractivity contribution in [1.29, 1.82) is 0 Å². The summed E-state index contributed by atoms with van der Waals surface area (Å²) >= 11 is 5.08. The van der Waals surface area contributed by atoms with Gasteiger partial charge in [0.2, 0.25) is 0 Å². The van der Waals surface area contributed by atoms with Crippen molar-refractivity contribution in [1.82, 2.24) is 20.1 Å². The van der Waals surface area contributed by atoms with Crippen molar-refractivity contribution in [3.63, 3.8) is 0 Å². The zero-order chi connectivity index (χ0) is 13.8. The van der Waals surface area contributed by atoms with Crippen LogP contribution in [0.15, 0.2) is 0 Å². The van der Waals surface area contributed by atoms with Gasteiger partial charge >= 0.3 is 6.09 Å². The van der Waals surface area contributed by atoms with Crippen LogP contribution in [0, 0.1) is 11.7 Å². The van der Waals surface area contributed by atoms with E-state index in [9.17, 15) is 4.79 Å². The minimum atomic E-state index is -0.465. The summed E-state index contributed by atoms with van der Waals surface area (Å²) in [6.07, 6.45) is 0.378. The Morgan fingerprint density at radius 2 is 2.22 bits per heavy atom. The fourth-order valence-corrected chi connectivity index (χ4v) is 1.67. The summed E-state index contributed by atoms with van der Waals surface area (Å²) in [5, 5.41) is 9.44. The highest BCUT2D eigenvalue weighted by Crippen LogP contribution is 2.06. The van der Waals surface area contributed by atoms with Crippen molar-refractivity contribution < 1.29 is 9.53 Å². The maximum atomic E-state index is 11.4. The Morgan fingerprint density at radius 3 is 2.72 bits per heavy atom. The van der Waals surface area contributed by atoms with Crippen LogP contribution in [0.25, 0.3) is 0 Å². The number of ether oxygens (including phenoxy) is 1. The van der Waals surface area contributed by atoms with Crippen molar-refractivity contribution in [2.75, 3.05) is 6.54 Å². The van der Waals surface area contributed by atoms with Crippen molar-refractivity contribution in [3.05, 3.63) is 10.6 Å². The molecule has 0 saturated heterocycles. The number of nitrogens with zero attached hydrogens (tertiary/aromatic N) is 2. The van der Waals surface area contributed by atoms with E-state index in [4.69, 9.17) is 17.0 Å². The number of carbonyl (C=O) groups excluding carboxylic acids is 1. The molecule has 6 nitrogen and oxygen atoms in total. The van der Waals surface area contributed by atoms with Crippen LogP contribution in [-0.2, 0) is 11.3 Å². The van der Waals surface area contributed by atoms with E-state index < -0.39 is 11.7 Å². The fraction of sp³-hybridized carbons (Fsp3) is 0.727. The first kappa shape index (κ1) is 14.7. The molecule has 0 aromatic carbocycles. The number of alkyl carbamates (subject to hydrolysis) is 1. The molecular weight excluding hydrogens is 252 g/mol. The van der Waals surface area contributed by atoms with Crippen LogP contribution >= 0.6 is 12.2 Å². The number of amides is 1. The van der Waals surface area contributed by atoms with Gasteiger partial charge in [-0.2, -0.15) is 5.10 Å². The van der Waals surface area contributed by atoms with E-state index in [1.165, 1.54) is 0 Å². The molecule has 1 rings (SSSR count). The second kappa shape index (κ2) is 5.99. The molecule has 0 unspecified atom stereocenters. The number of aromatic nitrogens is 3. The number of H-pyrrole nitrogens is 1. The third-order valence-corrected chi connectivity index (χ3v) is 2.49. The fourth-order valence-electron chi connectivity index (χ4n) is 1.40. The summed E-state index contributed by atoms with van der Waals surface area (Å²) in [7, 11) is 0. The topological polar surface area (TPSA) is 71.9 Å². The Hall–Kier alpha value is -1.37. The minimum absolute atomic E-state index is 0.394. The van der Waals surface area contributed by atoms with Gasteiger partial charge in [-0.05, 0) is 46.3 Å². The second-order valence-corrected chi connectivity index (χ2v) is 5.40. The van der Waals surface area contributed by atoms with E-state index in [1.807, 2.05) is 32.3 Å². The monoisotopic (exact) mass is 272 g/mol. The van der Waals surface area contributed by atoms with Gasteiger partial charge in [0.05, 0.1) is 0 Å². The molecule has 0 aliphatic heterocycles.